The zero-order valence-electron chi connectivity index (χ0n) is 29.2. The second-order valence-corrected chi connectivity index (χ2v) is 13.0. The third-order valence-electron chi connectivity index (χ3n) is 6.99. The molecule has 0 fully saturated rings. The van der Waals surface area contributed by atoms with Crippen molar-refractivity contribution in [2.45, 2.75) is 135 Å². The Bertz CT molecular complexity index is 914. The van der Waals surface area contributed by atoms with E-state index >= 15 is 0 Å². The van der Waals surface area contributed by atoms with E-state index in [1.165, 1.54) is 44.9 Å². The van der Waals surface area contributed by atoms with E-state index in [0.717, 1.165) is 44.9 Å². The largest absolute Gasteiger partial charge is 0.472 e. The van der Waals surface area contributed by atoms with Crippen LogP contribution in [0.25, 0.3) is 0 Å². The van der Waals surface area contributed by atoms with Gasteiger partial charge in [0.2, 0.25) is 0 Å². The number of phosphoric acid groups is 1. The van der Waals surface area contributed by atoms with Crippen LogP contribution in [-0.4, -0.2) is 66.3 Å². The molecule has 3 N–H and O–H groups in total. The fourth-order valence-electron chi connectivity index (χ4n) is 4.30. The molecule has 0 aliphatic carbocycles. The van der Waals surface area contributed by atoms with Gasteiger partial charge in [-0.3, -0.25) is 13.8 Å². The Balaban J connectivity index is 4.40. The van der Waals surface area contributed by atoms with Crippen LogP contribution >= 0.6 is 7.82 Å². The molecular formula is C37H65O9P. The Kier molecular flexibility index (Phi) is 32.7. The predicted molar refractivity (Wildman–Crippen MR) is 191 cm³/mol. The van der Waals surface area contributed by atoms with E-state index in [1.807, 2.05) is 6.08 Å². The van der Waals surface area contributed by atoms with E-state index in [-0.39, 0.29) is 13.0 Å². The third kappa shape index (κ3) is 33.8. The standard InChI is InChI=1S/C37H65O9P/c1-3-5-7-9-11-13-15-16-17-18-19-20-22-24-26-28-30-43-33-36(34-45-47(41,42)44-32-35(39)31-38)46-37(40)29-27-25-23-21-14-12-10-8-6-4-2/h5,7,11,13,16-17,19-20,24,26,35-36,38-39H,3-4,6,8-10,12,14-15,18,21-23,25,27-34H2,1-2H3,(H,41,42)/b7-5-,13-11-,17-16-,20-19-,26-24-. The first-order valence-electron chi connectivity index (χ1n) is 17.8. The Labute approximate surface area is 285 Å². The SMILES string of the molecule is CC/C=C\C/C=C\C/C=C\C/C=C\C/C=C\CCOCC(COP(=O)(O)OCC(O)CO)OC(=O)CCCCCCCCCCCC. The normalized spacial score (nSPS) is 15.1. The summed E-state index contributed by atoms with van der Waals surface area (Å²) in [7, 11) is -4.53. The van der Waals surface area contributed by atoms with Crippen molar-refractivity contribution >= 4 is 13.8 Å². The van der Waals surface area contributed by atoms with Crippen LogP contribution in [0.15, 0.2) is 60.8 Å². The third-order valence-corrected chi connectivity index (χ3v) is 7.94. The molecule has 272 valence electrons. The number of allylic oxidation sites excluding steroid dienone is 9. The first kappa shape index (κ1) is 45.2. The van der Waals surface area contributed by atoms with E-state index in [2.05, 4.69) is 68.5 Å². The zero-order valence-corrected chi connectivity index (χ0v) is 30.1. The molecule has 0 aromatic rings. The van der Waals surface area contributed by atoms with E-state index in [0.29, 0.717) is 19.4 Å². The molecule has 0 saturated heterocycles. The fraction of sp³-hybridized carbons (Fsp3) is 0.703. The van der Waals surface area contributed by atoms with Crippen LogP contribution < -0.4 is 0 Å². The van der Waals surface area contributed by atoms with Gasteiger partial charge in [-0.05, 0) is 44.9 Å². The monoisotopic (exact) mass is 684 g/mol. The number of aliphatic hydroxyl groups is 2. The van der Waals surface area contributed by atoms with Crippen LogP contribution in [0, 0.1) is 0 Å². The van der Waals surface area contributed by atoms with Gasteiger partial charge < -0.3 is 24.6 Å². The van der Waals surface area contributed by atoms with E-state index < -0.39 is 45.8 Å². The number of carbonyl (C=O) groups is 1. The first-order valence-corrected chi connectivity index (χ1v) is 19.3. The number of rotatable bonds is 33. The summed E-state index contributed by atoms with van der Waals surface area (Å²) in [5.74, 6) is -0.413. The number of ether oxygens (including phenoxy) is 2. The maximum Gasteiger partial charge on any atom is 0.472 e. The number of hydrogen-bond acceptors (Lipinski definition) is 8. The predicted octanol–water partition coefficient (Wildman–Crippen LogP) is 8.85. The lowest BCUT2D eigenvalue weighted by Crippen LogP contribution is -2.29. The Morgan fingerprint density at radius 1 is 0.681 bits per heavy atom. The van der Waals surface area contributed by atoms with Gasteiger partial charge in [-0.25, -0.2) is 4.57 Å². The summed E-state index contributed by atoms with van der Waals surface area (Å²) in [6.07, 6.45) is 36.3. The topological polar surface area (TPSA) is 132 Å². The van der Waals surface area contributed by atoms with Gasteiger partial charge >= 0.3 is 13.8 Å². The van der Waals surface area contributed by atoms with Crippen LogP contribution in [0.5, 0.6) is 0 Å². The molecule has 10 heteroatoms. The lowest BCUT2D eigenvalue weighted by molar-refractivity contribution is -0.154. The van der Waals surface area contributed by atoms with Crippen molar-refractivity contribution in [1.82, 2.24) is 0 Å². The van der Waals surface area contributed by atoms with Crippen molar-refractivity contribution in [2.24, 2.45) is 0 Å². The second-order valence-electron chi connectivity index (χ2n) is 11.5. The van der Waals surface area contributed by atoms with Gasteiger partial charge in [0, 0.05) is 6.42 Å². The molecule has 0 aliphatic rings. The quantitative estimate of drug-likeness (QED) is 0.0268. The molecule has 0 bridgehead atoms. The Hall–Kier alpha value is -1.84. The lowest BCUT2D eigenvalue weighted by Gasteiger charge is -2.20. The average Bonchev–Trinajstić information content (AvgIpc) is 3.06. The molecule has 0 rings (SSSR count). The van der Waals surface area contributed by atoms with Gasteiger partial charge in [-0.2, -0.15) is 0 Å². The molecule has 9 nitrogen and oxygen atoms in total. The van der Waals surface area contributed by atoms with Crippen molar-refractivity contribution in [1.29, 1.82) is 0 Å². The summed E-state index contributed by atoms with van der Waals surface area (Å²) < 4.78 is 33.0. The molecule has 0 saturated carbocycles. The minimum absolute atomic E-state index is 0.00621. The van der Waals surface area contributed by atoms with Crippen LogP contribution in [0.2, 0.25) is 0 Å². The molecular weight excluding hydrogens is 619 g/mol. The highest BCUT2D eigenvalue weighted by atomic mass is 31.2. The molecule has 0 aromatic heterocycles. The zero-order chi connectivity index (χ0) is 34.7. The Morgan fingerprint density at radius 2 is 1.17 bits per heavy atom. The van der Waals surface area contributed by atoms with Gasteiger partial charge in [0.1, 0.15) is 12.2 Å². The van der Waals surface area contributed by atoms with Crippen molar-refractivity contribution < 1.29 is 43.0 Å². The molecule has 0 amide bonds. The average molecular weight is 685 g/mol. The van der Waals surface area contributed by atoms with Crippen molar-refractivity contribution in [2.75, 3.05) is 33.0 Å². The highest BCUT2D eigenvalue weighted by molar-refractivity contribution is 7.47. The molecule has 0 aliphatic heterocycles. The summed E-state index contributed by atoms with van der Waals surface area (Å²) in [5.41, 5.74) is 0. The molecule has 0 aromatic carbocycles. The number of phosphoric ester groups is 1. The van der Waals surface area contributed by atoms with Gasteiger partial charge in [0.15, 0.2) is 0 Å². The summed E-state index contributed by atoms with van der Waals surface area (Å²) in [5, 5.41) is 18.2. The van der Waals surface area contributed by atoms with E-state index in [1.54, 1.807) is 0 Å². The molecule has 0 spiro atoms. The molecule has 0 radical (unpaired) electrons. The summed E-state index contributed by atoms with van der Waals surface area (Å²) in [6, 6.07) is 0. The maximum atomic E-state index is 12.5. The summed E-state index contributed by atoms with van der Waals surface area (Å²) in [6.45, 7) is 3.12. The smallest absolute Gasteiger partial charge is 0.457 e. The number of hydrogen-bond donors (Lipinski definition) is 3. The summed E-state index contributed by atoms with van der Waals surface area (Å²) in [4.78, 5) is 22.4. The second kappa shape index (κ2) is 34.0. The minimum atomic E-state index is -4.53. The van der Waals surface area contributed by atoms with Gasteiger partial charge in [0.25, 0.3) is 0 Å². The van der Waals surface area contributed by atoms with Gasteiger partial charge in [-0.15, -0.1) is 0 Å². The highest BCUT2D eigenvalue weighted by Gasteiger charge is 2.26. The maximum absolute atomic E-state index is 12.5. The number of esters is 1. The lowest BCUT2D eigenvalue weighted by atomic mass is 10.1. The van der Waals surface area contributed by atoms with Crippen LogP contribution in [0.4, 0.5) is 0 Å². The van der Waals surface area contributed by atoms with E-state index in [4.69, 9.17) is 23.6 Å². The number of unbranched alkanes of at least 4 members (excludes halogenated alkanes) is 9. The number of carbonyl (C=O) groups excluding carboxylic acids is 1. The molecule has 3 atom stereocenters. The number of aliphatic hydroxyl groups excluding tert-OH is 2. The van der Waals surface area contributed by atoms with Crippen molar-refractivity contribution in [3.8, 4) is 0 Å². The van der Waals surface area contributed by atoms with Gasteiger partial charge in [-0.1, -0.05) is 132 Å². The van der Waals surface area contributed by atoms with Crippen molar-refractivity contribution in [3.63, 3.8) is 0 Å². The van der Waals surface area contributed by atoms with Crippen LogP contribution in [0.3, 0.4) is 0 Å². The highest BCUT2D eigenvalue weighted by Crippen LogP contribution is 2.43. The Morgan fingerprint density at radius 3 is 1.70 bits per heavy atom. The van der Waals surface area contributed by atoms with E-state index in [9.17, 15) is 19.4 Å². The molecule has 0 heterocycles. The van der Waals surface area contributed by atoms with Crippen LogP contribution in [0.1, 0.15) is 123 Å². The fourth-order valence-corrected chi connectivity index (χ4v) is 5.09. The van der Waals surface area contributed by atoms with Crippen molar-refractivity contribution in [3.05, 3.63) is 60.8 Å². The summed E-state index contributed by atoms with van der Waals surface area (Å²) >= 11 is 0. The molecule has 47 heavy (non-hydrogen) atoms. The van der Waals surface area contributed by atoms with Crippen LogP contribution in [-0.2, 0) is 27.9 Å². The van der Waals surface area contributed by atoms with Gasteiger partial charge in [0.05, 0.1) is 33.0 Å². The first-order chi connectivity index (χ1) is 22.8. The minimum Gasteiger partial charge on any atom is -0.457 e. The molecule has 3 unspecified atom stereocenters.